The number of rotatable bonds is 3. The molecule has 0 radical (unpaired) electrons. The van der Waals surface area contributed by atoms with Gasteiger partial charge in [0.1, 0.15) is 0 Å². The smallest absolute Gasteiger partial charge is 0.254 e. The van der Waals surface area contributed by atoms with Crippen LogP contribution in [-0.2, 0) is 11.3 Å². The fraction of sp³-hybridized carbons (Fsp3) is 0.615. The van der Waals surface area contributed by atoms with Gasteiger partial charge < -0.3 is 9.80 Å². The van der Waals surface area contributed by atoms with Crippen molar-refractivity contribution in [2.75, 3.05) is 26.2 Å². The van der Waals surface area contributed by atoms with E-state index in [1.807, 2.05) is 29.2 Å². The molecular weight excluding hydrogens is 386 g/mol. The van der Waals surface area contributed by atoms with Gasteiger partial charge in [-0.15, -0.1) is 0 Å². The second-order valence-electron chi connectivity index (χ2n) is 10.2. The molecule has 0 N–H and O–H groups in total. The molecule has 4 atom stereocenters. The minimum absolute atomic E-state index is 0.0755. The highest BCUT2D eigenvalue weighted by molar-refractivity contribution is 5.98. The average Bonchev–Trinajstić information content (AvgIpc) is 3.13. The summed E-state index contributed by atoms with van der Waals surface area (Å²) in [5.41, 5.74) is 3.42. The van der Waals surface area contributed by atoms with E-state index < -0.39 is 0 Å². The molecule has 1 aliphatic carbocycles. The first-order valence-electron chi connectivity index (χ1n) is 12.3. The molecule has 0 saturated carbocycles. The van der Waals surface area contributed by atoms with Crippen molar-refractivity contribution >= 4 is 11.8 Å². The summed E-state index contributed by atoms with van der Waals surface area (Å²) in [6.45, 7) is 4.43. The third kappa shape index (κ3) is 3.32. The SMILES string of the molecule is O=C1c2ccccc2CN1CCC(=O)N1CCCC2=C[C@H]3C[C@@H](CN4CCCCC34)C21. The molecule has 164 valence electrons. The lowest BCUT2D eigenvalue weighted by Gasteiger charge is -2.54. The van der Waals surface area contributed by atoms with Gasteiger partial charge in [-0.2, -0.15) is 0 Å². The van der Waals surface area contributed by atoms with Gasteiger partial charge in [0.15, 0.2) is 0 Å². The van der Waals surface area contributed by atoms with Crippen molar-refractivity contribution in [3.8, 4) is 0 Å². The minimum atomic E-state index is 0.0755. The molecule has 31 heavy (non-hydrogen) atoms. The van der Waals surface area contributed by atoms with E-state index in [2.05, 4.69) is 15.9 Å². The number of likely N-dealkylation sites (tertiary alicyclic amines) is 1. The molecule has 5 aliphatic rings. The van der Waals surface area contributed by atoms with Crippen molar-refractivity contribution in [2.24, 2.45) is 11.8 Å². The minimum Gasteiger partial charge on any atom is -0.336 e. The standard InChI is InChI=1S/C26H33N3O2/c30-24(10-13-28-16-19-6-1-2-8-22(19)26(28)31)29-12-5-7-18-14-20-15-21(25(18)29)17-27-11-4-3-9-23(20)27/h1-2,6,8,14,20-21,23,25H,3-5,7,9-13,15-17H2/t20-,21-,23?,25?/m0/s1. The maximum atomic E-state index is 13.4. The van der Waals surface area contributed by atoms with Gasteiger partial charge in [0, 0.05) is 44.2 Å². The number of nitrogens with zero attached hydrogens (tertiary/aromatic N) is 3. The first-order valence-corrected chi connectivity index (χ1v) is 12.3. The molecule has 0 spiro atoms. The van der Waals surface area contributed by atoms with Gasteiger partial charge in [0.05, 0.1) is 6.04 Å². The Morgan fingerprint density at radius 2 is 2.00 bits per heavy atom. The van der Waals surface area contributed by atoms with Crippen molar-refractivity contribution in [1.82, 2.24) is 14.7 Å². The predicted molar refractivity (Wildman–Crippen MR) is 119 cm³/mol. The van der Waals surface area contributed by atoms with Crippen LogP contribution < -0.4 is 0 Å². The maximum absolute atomic E-state index is 13.4. The lowest BCUT2D eigenvalue weighted by atomic mass is 9.68. The number of fused-ring (bicyclic) bond motifs is 7. The number of piperidine rings is 3. The van der Waals surface area contributed by atoms with Gasteiger partial charge in [0.25, 0.3) is 5.91 Å². The summed E-state index contributed by atoms with van der Waals surface area (Å²) in [5, 5.41) is 0. The van der Waals surface area contributed by atoms with E-state index in [0.717, 1.165) is 43.1 Å². The van der Waals surface area contributed by atoms with Crippen molar-refractivity contribution in [1.29, 1.82) is 0 Å². The van der Waals surface area contributed by atoms with Crippen molar-refractivity contribution in [3.05, 3.63) is 47.0 Å². The van der Waals surface area contributed by atoms with Crippen LogP contribution in [0.15, 0.2) is 35.9 Å². The highest BCUT2D eigenvalue weighted by Gasteiger charge is 2.46. The molecule has 2 amide bonds. The monoisotopic (exact) mass is 419 g/mol. The Kier molecular flexibility index (Phi) is 4.90. The summed E-state index contributed by atoms with van der Waals surface area (Å²) in [6.07, 6.45) is 10.5. The lowest BCUT2D eigenvalue weighted by Crippen LogP contribution is -2.60. The molecule has 4 heterocycles. The molecule has 1 aromatic rings. The van der Waals surface area contributed by atoms with E-state index in [9.17, 15) is 9.59 Å². The number of carbonyl (C=O) groups is 2. The molecule has 4 aliphatic heterocycles. The second kappa shape index (κ2) is 7.77. The third-order valence-electron chi connectivity index (χ3n) is 8.47. The zero-order valence-electron chi connectivity index (χ0n) is 18.3. The topological polar surface area (TPSA) is 43.9 Å². The number of hydrogen-bond acceptors (Lipinski definition) is 3. The molecule has 6 rings (SSSR count). The molecule has 2 bridgehead atoms. The summed E-state index contributed by atoms with van der Waals surface area (Å²) in [7, 11) is 0. The highest BCUT2D eigenvalue weighted by atomic mass is 16.2. The Labute approximate surface area is 185 Å². The summed E-state index contributed by atoms with van der Waals surface area (Å²) in [4.78, 5) is 32.8. The number of amides is 2. The summed E-state index contributed by atoms with van der Waals surface area (Å²) in [6, 6.07) is 8.86. The van der Waals surface area contributed by atoms with Gasteiger partial charge in [-0.3, -0.25) is 14.5 Å². The second-order valence-corrected chi connectivity index (χ2v) is 10.2. The van der Waals surface area contributed by atoms with E-state index in [4.69, 9.17) is 0 Å². The van der Waals surface area contributed by atoms with Crippen LogP contribution in [0, 0.1) is 11.8 Å². The zero-order chi connectivity index (χ0) is 20.9. The fourth-order valence-electron chi connectivity index (χ4n) is 7.12. The zero-order valence-corrected chi connectivity index (χ0v) is 18.3. The summed E-state index contributed by atoms with van der Waals surface area (Å²) >= 11 is 0. The van der Waals surface area contributed by atoms with Crippen molar-refractivity contribution in [2.45, 2.75) is 63.6 Å². The maximum Gasteiger partial charge on any atom is 0.254 e. The number of hydrogen-bond donors (Lipinski definition) is 0. The van der Waals surface area contributed by atoms with E-state index in [-0.39, 0.29) is 11.8 Å². The Morgan fingerprint density at radius 1 is 1.10 bits per heavy atom. The molecule has 1 aromatic carbocycles. The quantitative estimate of drug-likeness (QED) is 0.705. The van der Waals surface area contributed by atoms with Crippen LogP contribution >= 0.6 is 0 Å². The number of carbonyl (C=O) groups excluding carboxylic acids is 2. The van der Waals surface area contributed by atoms with Gasteiger partial charge in [-0.1, -0.05) is 36.3 Å². The third-order valence-corrected chi connectivity index (χ3v) is 8.47. The first kappa shape index (κ1) is 19.5. The van der Waals surface area contributed by atoms with Crippen LogP contribution in [0.5, 0.6) is 0 Å². The van der Waals surface area contributed by atoms with E-state index >= 15 is 0 Å². The summed E-state index contributed by atoms with van der Waals surface area (Å²) < 4.78 is 0. The van der Waals surface area contributed by atoms with E-state index in [1.54, 1.807) is 0 Å². The Morgan fingerprint density at radius 3 is 2.90 bits per heavy atom. The van der Waals surface area contributed by atoms with Crippen LogP contribution in [0.3, 0.4) is 0 Å². The van der Waals surface area contributed by atoms with Gasteiger partial charge >= 0.3 is 0 Å². The largest absolute Gasteiger partial charge is 0.336 e. The van der Waals surface area contributed by atoms with Crippen LogP contribution in [0.2, 0.25) is 0 Å². The normalized spacial score (nSPS) is 32.3. The highest BCUT2D eigenvalue weighted by Crippen LogP contribution is 2.45. The van der Waals surface area contributed by atoms with Crippen LogP contribution in [0.25, 0.3) is 0 Å². The molecule has 5 heteroatoms. The van der Waals surface area contributed by atoms with Crippen molar-refractivity contribution in [3.63, 3.8) is 0 Å². The van der Waals surface area contributed by atoms with E-state index in [0.29, 0.717) is 37.4 Å². The molecule has 3 fully saturated rings. The summed E-state index contributed by atoms with van der Waals surface area (Å²) in [5.74, 6) is 1.59. The Hall–Kier alpha value is -2.14. The predicted octanol–water partition coefficient (Wildman–Crippen LogP) is 3.45. The molecule has 2 unspecified atom stereocenters. The van der Waals surface area contributed by atoms with Gasteiger partial charge in [-0.25, -0.2) is 0 Å². The molecular formula is C26H33N3O2. The van der Waals surface area contributed by atoms with Crippen LogP contribution in [0.1, 0.15) is 60.9 Å². The van der Waals surface area contributed by atoms with Gasteiger partial charge in [-0.05, 0) is 62.1 Å². The lowest BCUT2D eigenvalue weighted by molar-refractivity contribution is -0.136. The Bertz CT molecular complexity index is 925. The Balaban J connectivity index is 1.15. The molecule has 3 saturated heterocycles. The van der Waals surface area contributed by atoms with Crippen LogP contribution in [0.4, 0.5) is 0 Å². The fourth-order valence-corrected chi connectivity index (χ4v) is 7.12. The van der Waals surface area contributed by atoms with E-state index in [1.165, 1.54) is 37.8 Å². The molecule has 5 nitrogen and oxygen atoms in total. The van der Waals surface area contributed by atoms with Crippen LogP contribution in [-0.4, -0.2) is 64.8 Å². The average molecular weight is 420 g/mol. The molecule has 0 aromatic heterocycles. The van der Waals surface area contributed by atoms with Crippen molar-refractivity contribution < 1.29 is 9.59 Å². The number of benzene rings is 1. The van der Waals surface area contributed by atoms with Gasteiger partial charge in [0.2, 0.25) is 5.91 Å². The first-order chi connectivity index (χ1) is 15.2.